The lowest BCUT2D eigenvalue weighted by molar-refractivity contribution is 0.0730. The van der Waals surface area contributed by atoms with E-state index in [1.54, 1.807) is 19.5 Å². The van der Waals surface area contributed by atoms with E-state index in [9.17, 15) is 8.42 Å². The lowest BCUT2D eigenvalue weighted by Gasteiger charge is -2.26. The first-order valence-corrected chi connectivity index (χ1v) is 10.3. The summed E-state index contributed by atoms with van der Waals surface area (Å²) in [4.78, 5) is 4.39. The summed E-state index contributed by atoms with van der Waals surface area (Å²) in [5, 5.41) is 8.22. The van der Waals surface area contributed by atoms with Crippen LogP contribution in [-0.2, 0) is 21.3 Å². The highest BCUT2D eigenvalue weighted by Crippen LogP contribution is 2.28. The third-order valence-electron chi connectivity index (χ3n) is 4.65. The molecule has 1 aliphatic rings. The molecule has 27 heavy (non-hydrogen) atoms. The molecule has 0 bridgehead atoms. The number of hydrogen-bond donors (Lipinski definition) is 1. The molecule has 4 rings (SSSR count). The molecule has 0 unspecified atom stereocenters. The Labute approximate surface area is 157 Å². The van der Waals surface area contributed by atoms with Crippen LogP contribution in [0.25, 0.3) is 22.4 Å². The van der Waals surface area contributed by atoms with Crippen molar-refractivity contribution in [1.82, 2.24) is 24.1 Å². The molecule has 0 amide bonds. The van der Waals surface area contributed by atoms with Gasteiger partial charge in [-0.25, -0.2) is 13.4 Å². The van der Waals surface area contributed by atoms with Crippen molar-refractivity contribution in [2.24, 2.45) is 0 Å². The van der Waals surface area contributed by atoms with Crippen LogP contribution in [-0.4, -0.2) is 71.6 Å². The number of imidazole rings is 1. The second-order valence-electron chi connectivity index (χ2n) is 6.26. The number of sulfonamides is 1. The molecule has 0 atom stereocenters. The minimum Gasteiger partial charge on any atom is -0.497 e. The normalized spacial score (nSPS) is 16.0. The average Bonchev–Trinajstić information content (AvgIpc) is 3.32. The molecule has 0 aliphatic carbocycles. The maximum Gasteiger partial charge on any atom is 0.216 e. The largest absolute Gasteiger partial charge is 0.497 e. The molecule has 10 heteroatoms. The van der Waals surface area contributed by atoms with E-state index in [0.29, 0.717) is 44.4 Å². The second-order valence-corrected chi connectivity index (χ2v) is 8.34. The summed E-state index contributed by atoms with van der Waals surface area (Å²) in [6.45, 7) is 1.99. The maximum absolute atomic E-state index is 12.6. The van der Waals surface area contributed by atoms with Crippen LogP contribution in [0.3, 0.4) is 0 Å². The fraction of sp³-hybridized carbons (Fsp3) is 0.412. The first-order chi connectivity index (χ1) is 13.1. The number of ether oxygens (including phenoxy) is 2. The third kappa shape index (κ3) is 3.55. The second kappa shape index (κ2) is 7.29. The van der Waals surface area contributed by atoms with Gasteiger partial charge in [-0.1, -0.05) is 0 Å². The van der Waals surface area contributed by atoms with Gasteiger partial charge in [-0.15, -0.1) is 0 Å². The number of benzene rings is 1. The van der Waals surface area contributed by atoms with E-state index in [-0.39, 0.29) is 5.75 Å². The minimum atomic E-state index is -3.34. The van der Waals surface area contributed by atoms with Crippen LogP contribution in [0.2, 0.25) is 0 Å². The Bertz CT molecular complexity index is 1040. The monoisotopic (exact) mass is 391 g/mol. The summed E-state index contributed by atoms with van der Waals surface area (Å²) >= 11 is 0. The number of fused-ring (bicyclic) bond motifs is 1. The van der Waals surface area contributed by atoms with Gasteiger partial charge in [0, 0.05) is 37.4 Å². The number of methoxy groups -OCH3 is 1. The van der Waals surface area contributed by atoms with Crippen LogP contribution in [0.15, 0.2) is 30.6 Å². The van der Waals surface area contributed by atoms with E-state index >= 15 is 0 Å². The van der Waals surface area contributed by atoms with Gasteiger partial charge in [0.05, 0.1) is 31.6 Å². The van der Waals surface area contributed by atoms with E-state index in [2.05, 4.69) is 15.2 Å². The van der Waals surface area contributed by atoms with Gasteiger partial charge in [-0.3, -0.25) is 5.10 Å². The predicted octanol–water partition coefficient (Wildman–Crippen LogP) is 1.10. The van der Waals surface area contributed by atoms with Crippen molar-refractivity contribution in [2.45, 2.75) is 6.54 Å². The van der Waals surface area contributed by atoms with Crippen molar-refractivity contribution >= 4 is 20.9 Å². The van der Waals surface area contributed by atoms with Gasteiger partial charge in [0.25, 0.3) is 0 Å². The Kier molecular flexibility index (Phi) is 4.85. The van der Waals surface area contributed by atoms with Crippen molar-refractivity contribution in [3.8, 4) is 17.3 Å². The van der Waals surface area contributed by atoms with Gasteiger partial charge in [0.2, 0.25) is 10.0 Å². The third-order valence-corrected chi connectivity index (χ3v) is 6.50. The zero-order valence-electron chi connectivity index (χ0n) is 15.0. The van der Waals surface area contributed by atoms with Gasteiger partial charge in [-0.2, -0.15) is 9.40 Å². The molecule has 0 spiro atoms. The molecule has 0 radical (unpaired) electrons. The molecule has 1 aliphatic heterocycles. The number of hydrogen-bond acceptors (Lipinski definition) is 6. The van der Waals surface area contributed by atoms with Crippen LogP contribution >= 0.6 is 0 Å². The zero-order valence-corrected chi connectivity index (χ0v) is 15.8. The van der Waals surface area contributed by atoms with E-state index in [4.69, 9.17) is 9.47 Å². The fourth-order valence-electron chi connectivity index (χ4n) is 3.16. The maximum atomic E-state index is 12.6. The summed E-state index contributed by atoms with van der Waals surface area (Å²) in [6, 6.07) is 5.63. The van der Waals surface area contributed by atoms with Crippen LogP contribution in [0.1, 0.15) is 0 Å². The van der Waals surface area contributed by atoms with Crippen molar-refractivity contribution in [1.29, 1.82) is 0 Å². The summed E-state index contributed by atoms with van der Waals surface area (Å²) in [5.74, 6) is 1.34. The fourth-order valence-corrected chi connectivity index (χ4v) is 4.56. The van der Waals surface area contributed by atoms with Gasteiger partial charge in [0.15, 0.2) is 5.82 Å². The molecule has 0 saturated carbocycles. The minimum absolute atomic E-state index is 0.00202. The lowest BCUT2D eigenvalue weighted by Crippen LogP contribution is -2.42. The molecule has 1 saturated heterocycles. The highest BCUT2D eigenvalue weighted by molar-refractivity contribution is 7.89. The number of H-pyrrole nitrogens is 1. The lowest BCUT2D eigenvalue weighted by atomic mass is 10.2. The number of rotatable bonds is 6. The van der Waals surface area contributed by atoms with Crippen molar-refractivity contribution < 1.29 is 17.9 Å². The Morgan fingerprint density at radius 1 is 1.30 bits per heavy atom. The van der Waals surface area contributed by atoms with Gasteiger partial charge < -0.3 is 14.0 Å². The van der Waals surface area contributed by atoms with E-state index in [1.165, 1.54) is 4.31 Å². The Hall–Kier alpha value is -2.43. The van der Waals surface area contributed by atoms with Gasteiger partial charge in [-0.05, 0) is 18.2 Å². The Morgan fingerprint density at radius 3 is 2.89 bits per heavy atom. The Morgan fingerprint density at radius 2 is 2.11 bits per heavy atom. The number of aromatic nitrogens is 4. The Balaban J connectivity index is 1.58. The van der Waals surface area contributed by atoms with Gasteiger partial charge >= 0.3 is 0 Å². The number of nitrogens with one attached hydrogen (secondary N) is 1. The summed E-state index contributed by atoms with van der Waals surface area (Å²) < 4.78 is 39.0. The number of aromatic amines is 1. The molecular formula is C17H21N5O4S. The molecule has 3 aromatic rings. The zero-order chi connectivity index (χ0) is 18.9. The first-order valence-electron chi connectivity index (χ1n) is 8.68. The van der Waals surface area contributed by atoms with Crippen LogP contribution < -0.4 is 4.74 Å². The molecule has 9 nitrogen and oxygen atoms in total. The smallest absolute Gasteiger partial charge is 0.216 e. The predicted molar refractivity (Wildman–Crippen MR) is 100 cm³/mol. The summed E-state index contributed by atoms with van der Waals surface area (Å²) in [5.41, 5.74) is 1.53. The standard InChI is InChI=1S/C17H21N5O4S/c1-25-13-2-3-15-14(12-13)16(20-19-15)17-18-4-5-21(17)8-11-27(23,24)22-6-9-26-10-7-22/h2-5,12H,6-11H2,1H3,(H,19,20). The van der Waals surface area contributed by atoms with Crippen molar-refractivity contribution in [3.63, 3.8) is 0 Å². The van der Waals surface area contributed by atoms with E-state index < -0.39 is 10.0 Å². The summed E-state index contributed by atoms with van der Waals surface area (Å²) in [7, 11) is -1.73. The highest BCUT2D eigenvalue weighted by atomic mass is 32.2. The molecule has 3 heterocycles. The van der Waals surface area contributed by atoms with Crippen LogP contribution in [0, 0.1) is 0 Å². The van der Waals surface area contributed by atoms with Crippen LogP contribution in [0.5, 0.6) is 5.75 Å². The molecular weight excluding hydrogens is 370 g/mol. The molecule has 144 valence electrons. The molecule has 1 aromatic carbocycles. The quantitative estimate of drug-likeness (QED) is 0.675. The number of morpholine rings is 1. The van der Waals surface area contributed by atoms with E-state index in [1.807, 2.05) is 22.8 Å². The molecule has 1 fully saturated rings. The number of aryl methyl sites for hydroxylation is 1. The SMILES string of the molecule is COc1ccc2[nH]nc(-c3nccn3CCS(=O)(=O)N3CCOCC3)c2c1. The van der Waals surface area contributed by atoms with Crippen molar-refractivity contribution in [3.05, 3.63) is 30.6 Å². The number of nitrogens with zero attached hydrogens (tertiary/aromatic N) is 4. The van der Waals surface area contributed by atoms with Crippen LogP contribution in [0.4, 0.5) is 0 Å². The highest BCUT2D eigenvalue weighted by Gasteiger charge is 2.24. The van der Waals surface area contributed by atoms with E-state index in [0.717, 1.165) is 16.7 Å². The average molecular weight is 391 g/mol. The first kappa shape index (κ1) is 18.0. The van der Waals surface area contributed by atoms with Gasteiger partial charge in [0.1, 0.15) is 11.4 Å². The molecule has 1 N–H and O–H groups in total. The topological polar surface area (TPSA) is 102 Å². The summed E-state index contributed by atoms with van der Waals surface area (Å²) in [6.07, 6.45) is 3.42. The molecule has 2 aromatic heterocycles. The van der Waals surface area contributed by atoms with Crippen molar-refractivity contribution in [2.75, 3.05) is 39.2 Å².